The Labute approximate surface area is 81.8 Å². The largest absolute Gasteiger partial charge is 0.496 e. The summed E-state index contributed by atoms with van der Waals surface area (Å²) in [5.41, 5.74) is 0. The minimum Gasteiger partial charge on any atom is -0.496 e. The van der Waals surface area contributed by atoms with E-state index in [1.54, 1.807) is 14.0 Å². The van der Waals surface area contributed by atoms with Crippen LogP contribution < -0.4 is 0 Å². The van der Waals surface area contributed by atoms with E-state index in [0.717, 1.165) is 5.75 Å². The first-order valence-electron chi connectivity index (χ1n) is 3.95. The summed E-state index contributed by atoms with van der Waals surface area (Å²) in [5.74, 6) is 1.35. The van der Waals surface area contributed by atoms with Gasteiger partial charge in [0.25, 0.3) is 5.91 Å². The zero-order valence-corrected chi connectivity index (χ0v) is 8.81. The molecule has 0 bridgehead atoms. The summed E-state index contributed by atoms with van der Waals surface area (Å²) in [6, 6.07) is 0. The minimum atomic E-state index is -0.148. The summed E-state index contributed by atoms with van der Waals surface area (Å²) < 4.78 is 5.26. The van der Waals surface area contributed by atoms with Gasteiger partial charge in [-0.2, -0.15) is 0 Å². The lowest BCUT2D eigenvalue weighted by atomic mass is 10.4. The molecule has 0 aromatic heterocycles. The Morgan fingerprint density at radius 3 is 2.92 bits per heavy atom. The molecule has 0 aliphatic carbocycles. The molecule has 4 nitrogen and oxygen atoms in total. The Kier molecular flexibility index (Phi) is 3.62. The number of rotatable bonds is 2. The molecule has 0 aromatic rings. The molecule has 1 rings (SSSR count). The van der Waals surface area contributed by atoms with Crippen molar-refractivity contribution in [1.29, 1.82) is 0 Å². The van der Waals surface area contributed by atoms with Crippen molar-refractivity contribution in [3.63, 3.8) is 0 Å². The summed E-state index contributed by atoms with van der Waals surface area (Å²) in [4.78, 5) is 17.0. The topological polar surface area (TPSA) is 38.8 Å². The molecule has 0 fully saturated rings. The predicted octanol–water partition coefficient (Wildman–Crippen LogP) is 1.00. The molecule has 13 heavy (non-hydrogen) atoms. The second kappa shape index (κ2) is 4.53. The lowest BCUT2D eigenvalue weighted by molar-refractivity contribution is -0.163. The lowest BCUT2D eigenvalue weighted by Gasteiger charge is -2.21. The first kappa shape index (κ1) is 10.4. The fraction of sp³-hybridized carbons (Fsp3) is 0.625. The normalized spacial score (nSPS) is 16.8. The van der Waals surface area contributed by atoms with Gasteiger partial charge in [0, 0.05) is 12.8 Å². The molecular formula is C8H13NO3S. The smallest absolute Gasteiger partial charge is 0.286 e. The van der Waals surface area contributed by atoms with Gasteiger partial charge in [0.15, 0.2) is 0 Å². The zero-order chi connectivity index (χ0) is 9.84. The van der Waals surface area contributed by atoms with Gasteiger partial charge in [0.2, 0.25) is 0 Å². The van der Waals surface area contributed by atoms with Crippen molar-refractivity contribution in [2.45, 2.75) is 6.92 Å². The van der Waals surface area contributed by atoms with Crippen LogP contribution in [0.5, 0.6) is 0 Å². The van der Waals surface area contributed by atoms with Crippen molar-refractivity contribution in [2.75, 3.05) is 26.5 Å². The van der Waals surface area contributed by atoms with Crippen molar-refractivity contribution in [3.8, 4) is 0 Å². The highest BCUT2D eigenvalue weighted by molar-refractivity contribution is 8.04. The number of hydrogen-bond donors (Lipinski definition) is 0. The third-order valence-electron chi connectivity index (χ3n) is 1.72. The molecule has 0 spiro atoms. The molecule has 0 aromatic carbocycles. The van der Waals surface area contributed by atoms with Crippen LogP contribution in [0.1, 0.15) is 6.92 Å². The summed E-state index contributed by atoms with van der Waals surface area (Å²) in [5, 5.41) is 1.19. The SMILES string of the molecule is CON(C)C(=O)C1=C(C)OCCS1. The van der Waals surface area contributed by atoms with Crippen molar-refractivity contribution < 1.29 is 14.4 Å². The monoisotopic (exact) mass is 203 g/mol. The van der Waals surface area contributed by atoms with Crippen LogP contribution in [0.15, 0.2) is 10.7 Å². The molecule has 5 heteroatoms. The van der Waals surface area contributed by atoms with E-state index in [-0.39, 0.29) is 5.91 Å². The van der Waals surface area contributed by atoms with E-state index in [9.17, 15) is 4.79 Å². The van der Waals surface area contributed by atoms with Gasteiger partial charge in [-0.05, 0) is 6.92 Å². The van der Waals surface area contributed by atoms with E-state index in [2.05, 4.69) is 0 Å². The van der Waals surface area contributed by atoms with E-state index in [0.29, 0.717) is 17.3 Å². The Morgan fingerprint density at radius 1 is 1.69 bits per heavy atom. The second-order valence-electron chi connectivity index (χ2n) is 2.57. The molecule has 0 atom stereocenters. The Morgan fingerprint density at radius 2 is 2.38 bits per heavy atom. The van der Waals surface area contributed by atoms with Gasteiger partial charge >= 0.3 is 0 Å². The number of hydroxylamine groups is 2. The first-order chi connectivity index (χ1) is 6.16. The Bertz CT molecular complexity index is 240. The number of amides is 1. The van der Waals surface area contributed by atoms with E-state index in [1.807, 2.05) is 0 Å². The number of thioether (sulfide) groups is 1. The standard InChI is InChI=1S/C8H13NO3S/c1-6-7(13-5-4-12-6)8(10)9(2)11-3/h4-5H2,1-3H3. The van der Waals surface area contributed by atoms with Gasteiger partial charge in [-0.3, -0.25) is 9.63 Å². The van der Waals surface area contributed by atoms with Gasteiger partial charge in [-0.1, -0.05) is 0 Å². The average Bonchev–Trinajstić information content (AvgIpc) is 2.16. The van der Waals surface area contributed by atoms with Crippen molar-refractivity contribution >= 4 is 17.7 Å². The van der Waals surface area contributed by atoms with Crippen LogP contribution in [0, 0.1) is 0 Å². The molecule has 1 aliphatic rings. The third-order valence-corrected chi connectivity index (χ3v) is 2.84. The van der Waals surface area contributed by atoms with Gasteiger partial charge in [0.05, 0.1) is 13.7 Å². The fourth-order valence-electron chi connectivity index (χ4n) is 0.944. The van der Waals surface area contributed by atoms with Gasteiger partial charge in [-0.15, -0.1) is 11.8 Å². The molecule has 0 unspecified atom stereocenters. The molecule has 1 aliphatic heterocycles. The highest BCUT2D eigenvalue weighted by atomic mass is 32.2. The van der Waals surface area contributed by atoms with Crippen molar-refractivity contribution in [2.24, 2.45) is 0 Å². The maximum atomic E-state index is 11.6. The number of allylic oxidation sites excluding steroid dienone is 1. The van der Waals surface area contributed by atoms with E-state index in [4.69, 9.17) is 9.57 Å². The number of ether oxygens (including phenoxy) is 1. The van der Waals surface area contributed by atoms with Crippen LogP contribution in [-0.4, -0.2) is 37.5 Å². The summed E-state index contributed by atoms with van der Waals surface area (Å²) >= 11 is 1.51. The molecule has 74 valence electrons. The second-order valence-corrected chi connectivity index (χ2v) is 3.67. The summed E-state index contributed by atoms with van der Waals surface area (Å²) in [7, 11) is 3.04. The predicted molar refractivity (Wildman–Crippen MR) is 50.9 cm³/mol. The number of nitrogens with zero attached hydrogens (tertiary/aromatic N) is 1. The van der Waals surface area contributed by atoms with Crippen LogP contribution in [-0.2, 0) is 14.4 Å². The molecular weight excluding hydrogens is 190 g/mol. The first-order valence-corrected chi connectivity index (χ1v) is 4.94. The third kappa shape index (κ3) is 2.38. The molecule has 0 N–H and O–H groups in total. The quantitative estimate of drug-likeness (QED) is 0.628. The molecule has 0 radical (unpaired) electrons. The highest BCUT2D eigenvalue weighted by Gasteiger charge is 2.21. The Hall–Kier alpha value is -0.680. The molecule has 0 saturated heterocycles. The van der Waals surface area contributed by atoms with Crippen LogP contribution in [0.3, 0.4) is 0 Å². The summed E-state index contributed by atoms with van der Waals surface area (Å²) in [6.07, 6.45) is 0. The highest BCUT2D eigenvalue weighted by Crippen LogP contribution is 2.26. The van der Waals surface area contributed by atoms with Crippen LogP contribution in [0.2, 0.25) is 0 Å². The van der Waals surface area contributed by atoms with E-state index in [1.165, 1.54) is 23.9 Å². The van der Waals surface area contributed by atoms with Gasteiger partial charge in [0.1, 0.15) is 10.7 Å². The van der Waals surface area contributed by atoms with Crippen molar-refractivity contribution in [1.82, 2.24) is 5.06 Å². The van der Waals surface area contributed by atoms with Crippen LogP contribution >= 0.6 is 11.8 Å². The average molecular weight is 203 g/mol. The molecule has 1 amide bonds. The van der Waals surface area contributed by atoms with E-state index >= 15 is 0 Å². The Balaban J connectivity index is 2.74. The van der Waals surface area contributed by atoms with Crippen LogP contribution in [0.25, 0.3) is 0 Å². The maximum absolute atomic E-state index is 11.6. The lowest BCUT2D eigenvalue weighted by Crippen LogP contribution is -2.28. The maximum Gasteiger partial charge on any atom is 0.286 e. The van der Waals surface area contributed by atoms with Gasteiger partial charge < -0.3 is 4.74 Å². The number of hydrogen-bond acceptors (Lipinski definition) is 4. The van der Waals surface area contributed by atoms with E-state index < -0.39 is 0 Å². The zero-order valence-electron chi connectivity index (χ0n) is 7.99. The molecule has 1 heterocycles. The number of carbonyl (C=O) groups excluding carboxylic acids is 1. The number of likely N-dealkylation sites (N-methyl/N-ethyl adjacent to an activating group) is 1. The molecule has 0 saturated carbocycles. The number of carbonyl (C=O) groups is 1. The van der Waals surface area contributed by atoms with Crippen LogP contribution in [0.4, 0.5) is 0 Å². The van der Waals surface area contributed by atoms with Gasteiger partial charge in [-0.25, -0.2) is 5.06 Å². The minimum absolute atomic E-state index is 0.148. The van der Waals surface area contributed by atoms with Crippen molar-refractivity contribution in [3.05, 3.63) is 10.7 Å². The fourth-order valence-corrected chi connectivity index (χ4v) is 1.83. The summed E-state index contributed by atoms with van der Waals surface area (Å²) in [6.45, 7) is 2.47.